The molecular weight excluding hydrogens is 243 g/mol. The van der Waals surface area contributed by atoms with E-state index in [2.05, 4.69) is 24.1 Å². The maximum absolute atomic E-state index is 12.8. The molecule has 0 amide bonds. The molecule has 2 atom stereocenters. The van der Waals surface area contributed by atoms with E-state index in [9.17, 15) is 9.50 Å². The van der Waals surface area contributed by atoms with E-state index in [1.807, 2.05) is 13.8 Å². The fourth-order valence-electron chi connectivity index (χ4n) is 1.81. The van der Waals surface area contributed by atoms with Crippen molar-refractivity contribution >= 4 is 0 Å². The second kappa shape index (κ2) is 6.96. The zero-order valence-corrected chi connectivity index (χ0v) is 12.3. The maximum atomic E-state index is 12.8. The lowest BCUT2D eigenvalue weighted by Gasteiger charge is -2.26. The van der Waals surface area contributed by atoms with Crippen LogP contribution in [0.3, 0.4) is 0 Å². The molecule has 2 N–H and O–H groups in total. The monoisotopic (exact) mass is 268 g/mol. The van der Waals surface area contributed by atoms with Crippen molar-refractivity contribution in [2.45, 2.75) is 52.2 Å². The van der Waals surface area contributed by atoms with Gasteiger partial charge in [0.05, 0.1) is 17.5 Å². The van der Waals surface area contributed by atoms with Gasteiger partial charge >= 0.3 is 0 Å². The lowest BCUT2D eigenvalue weighted by atomic mass is 9.95. The van der Waals surface area contributed by atoms with Crippen molar-refractivity contribution < 1.29 is 9.50 Å². The predicted molar refractivity (Wildman–Crippen MR) is 75.3 cm³/mol. The van der Waals surface area contributed by atoms with E-state index in [0.29, 0.717) is 12.5 Å². The molecule has 0 aliphatic heterocycles. The molecule has 0 aromatic carbocycles. The molecule has 1 aromatic rings. The van der Waals surface area contributed by atoms with Crippen LogP contribution in [0.4, 0.5) is 4.39 Å². The average molecular weight is 268 g/mol. The van der Waals surface area contributed by atoms with Crippen molar-refractivity contribution in [1.29, 1.82) is 0 Å². The van der Waals surface area contributed by atoms with E-state index in [1.54, 1.807) is 6.07 Å². The van der Waals surface area contributed by atoms with Crippen molar-refractivity contribution in [2.24, 2.45) is 5.92 Å². The molecule has 3 nitrogen and oxygen atoms in total. The second-order valence-electron chi connectivity index (χ2n) is 5.93. The number of rotatable bonds is 7. The van der Waals surface area contributed by atoms with Crippen molar-refractivity contribution in [3.05, 3.63) is 29.8 Å². The summed E-state index contributed by atoms with van der Waals surface area (Å²) >= 11 is 0. The van der Waals surface area contributed by atoms with Gasteiger partial charge in [0, 0.05) is 12.6 Å². The Morgan fingerprint density at radius 2 is 2.05 bits per heavy atom. The van der Waals surface area contributed by atoms with Crippen LogP contribution < -0.4 is 5.32 Å². The average Bonchev–Trinajstić information content (AvgIpc) is 2.35. The third-order valence-electron chi connectivity index (χ3n) is 3.24. The van der Waals surface area contributed by atoms with Crippen LogP contribution in [0.1, 0.15) is 52.3 Å². The molecule has 1 heterocycles. The number of aliphatic hydroxyl groups is 1. The lowest BCUT2D eigenvalue weighted by molar-refractivity contribution is 0.0429. The number of pyridine rings is 1. The Morgan fingerprint density at radius 1 is 1.37 bits per heavy atom. The SMILES string of the molecule is CC(C)CCC(C)(O)CNC(C)c1ccc(F)cn1. The summed E-state index contributed by atoms with van der Waals surface area (Å²) in [5.74, 6) is 0.252. The number of halogens is 1. The molecule has 19 heavy (non-hydrogen) atoms. The third-order valence-corrected chi connectivity index (χ3v) is 3.24. The Hall–Kier alpha value is -1.00. The fourth-order valence-corrected chi connectivity index (χ4v) is 1.81. The summed E-state index contributed by atoms with van der Waals surface area (Å²) in [7, 11) is 0. The van der Waals surface area contributed by atoms with Crippen LogP contribution in [0.5, 0.6) is 0 Å². The van der Waals surface area contributed by atoms with E-state index in [0.717, 1.165) is 18.5 Å². The highest BCUT2D eigenvalue weighted by molar-refractivity contribution is 5.09. The number of nitrogens with one attached hydrogen (secondary N) is 1. The Morgan fingerprint density at radius 3 is 2.58 bits per heavy atom. The Labute approximate surface area is 115 Å². The first kappa shape index (κ1) is 16.1. The van der Waals surface area contributed by atoms with Crippen LogP contribution in [0.15, 0.2) is 18.3 Å². The highest BCUT2D eigenvalue weighted by Crippen LogP contribution is 2.17. The van der Waals surface area contributed by atoms with Crippen molar-refractivity contribution in [3.8, 4) is 0 Å². The zero-order valence-electron chi connectivity index (χ0n) is 12.3. The number of nitrogens with zero attached hydrogens (tertiary/aromatic N) is 1. The minimum atomic E-state index is -0.724. The Kier molecular flexibility index (Phi) is 5.88. The highest BCUT2D eigenvalue weighted by atomic mass is 19.1. The van der Waals surface area contributed by atoms with E-state index in [-0.39, 0.29) is 11.9 Å². The van der Waals surface area contributed by atoms with Gasteiger partial charge in [-0.15, -0.1) is 0 Å². The van der Waals surface area contributed by atoms with E-state index >= 15 is 0 Å². The first-order chi connectivity index (χ1) is 8.80. The molecule has 0 aliphatic carbocycles. The maximum Gasteiger partial charge on any atom is 0.141 e. The van der Waals surface area contributed by atoms with E-state index in [1.165, 1.54) is 12.3 Å². The smallest absolute Gasteiger partial charge is 0.141 e. The highest BCUT2D eigenvalue weighted by Gasteiger charge is 2.21. The van der Waals surface area contributed by atoms with Gasteiger partial charge in [-0.05, 0) is 44.7 Å². The summed E-state index contributed by atoms with van der Waals surface area (Å²) < 4.78 is 12.8. The summed E-state index contributed by atoms with van der Waals surface area (Å²) in [6.45, 7) is 8.59. The third kappa shape index (κ3) is 6.12. The van der Waals surface area contributed by atoms with Gasteiger partial charge in [0.1, 0.15) is 5.82 Å². The molecule has 0 bridgehead atoms. The molecule has 4 heteroatoms. The Balaban J connectivity index is 2.44. The fraction of sp³-hybridized carbons (Fsp3) is 0.667. The summed E-state index contributed by atoms with van der Waals surface area (Å²) in [5.41, 5.74) is 0.0551. The quantitative estimate of drug-likeness (QED) is 0.799. The van der Waals surface area contributed by atoms with Crippen LogP contribution in [0.2, 0.25) is 0 Å². The molecule has 0 saturated heterocycles. The summed E-state index contributed by atoms with van der Waals surface area (Å²) in [6.07, 6.45) is 2.98. The molecule has 0 aliphatic rings. The molecule has 0 spiro atoms. The minimum Gasteiger partial charge on any atom is -0.389 e. The largest absolute Gasteiger partial charge is 0.389 e. The van der Waals surface area contributed by atoms with Gasteiger partial charge < -0.3 is 10.4 Å². The number of aromatic nitrogens is 1. The number of hydrogen-bond donors (Lipinski definition) is 2. The zero-order chi connectivity index (χ0) is 14.5. The van der Waals surface area contributed by atoms with Crippen molar-refractivity contribution in [2.75, 3.05) is 6.54 Å². The number of hydrogen-bond acceptors (Lipinski definition) is 3. The van der Waals surface area contributed by atoms with E-state index in [4.69, 9.17) is 0 Å². The normalized spacial score (nSPS) is 16.4. The lowest BCUT2D eigenvalue weighted by Crippen LogP contribution is -2.39. The van der Waals surface area contributed by atoms with Crippen LogP contribution in [-0.4, -0.2) is 22.2 Å². The van der Waals surface area contributed by atoms with Gasteiger partial charge in [0.2, 0.25) is 0 Å². The first-order valence-corrected chi connectivity index (χ1v) is 6.87. The van der Waals surface area contributed by atoms with Crippen LogP contribution in [0, 0.1) is 11.7 Å². The first-order valence-electron chi connectivity index (χ1n) is 6.87. The molecule has 2 unspecified atom stereocenters. The van der Waals surface area contributed by atoms with Gasteiger partial charge in [-0.25, -0.2) is 4.39 Å². The predicted octanol–water partition coefficient (Wildman–Crippen LogP) is 3.06. The molecule has 108 valence electrons. The van der Waals surface area contributed by atoms with Crippen LogP contribution in [0.25, 0.3) is 0 Å². The molecular formula is C15H25FN2O. The Bertz CT molecular complexity index is 376. The molecule has 1 aromatic heterocycles. The van der Waals surface area contributed by atoms with Gasteiger partial charge in [0.15, 0.2) is 0 Å². The summed E-state index contributed by atoms with van der Waals surface area (Å²) in [6, 6.07) is 3.05. The van der Waals surface area contributed by atoms with Crippen LogP contribution >= 0.6 is 0 Å². The minimum absolute atomic E-state index is 0.00822. The van der Waals surface area contributed by atoms with Gasteiger partial charge in [-0.3, -0.25) is 4.98 Å². The molecule has 0 fully saturated rings. The van der Waals surface area contributed by atoms with Gasteiger partial charge in [-0.2, -0.15) is 0 Å². The molecule has 0 saturated carbocycles. The molecule has 1 rings (SSSR count). The summed E-state index contributed by atoms with van der Waals surface area (Å²) in [5, 5.41) is 13.5. The van der Waals surface area contributed by atoms with Crippen LogP contribution in [-0.2, 0) is 0 Å². The topological polar surface area (TPSA) is 45.1 Å². The van der Waals surface area contributed by atoms with Crippen molar-refractivity contribution in [1.82, 2.24) is 10.3 Å². The standard InChI is InChI=1S/C15H25FN2O/c1-11(2)7-8-15(4,19)10-18-12(3)14-6-5-13(16)9-17-14/h5-6,9,11-12,18-19H,7-8,10H2,1-4H3. The summed E-state index contributed by atoms with van der Waals surface area (Å²) in [4.78, 5) is 4.03. The van der Waals surface area contributed by atoms with Crippen molar-refractivity contribution in [3.63, 3.8) is 0 Å². The molecule has 0 radical (unpaired) electrons. The second-order valence-corrected chi connectivity index (χ2v) is 5.93. The van der Waals surface area contributed by atoms with E-state index < -0.39 is 5.60 Å². The van der Waals surface area contributed by atoms with Gasteiger partial charge in [-0.1, -0.05) is 13.8 Å². The van der Waals surface area contributed by atoms with Gasteiger partial charge in [0.25, 0.3) is 0 Å².